The number of hydrogen-bond donors (Lipinski definition) is 0. The number of nitrogens with zero attached hydrogens (tertiary/aromatic N) is 3. The quantitative estimate of drug-likeness (QED) is 0.661. The highest BCUT2D eigenvalue weighted by Gasteiger charge is 2.07. The van der Waals surface area contributed by atoms with Crippen LogP contribution in [0.15, 0.2) is 42.9 Å². The summed E-state index contributed by atoms with van der Waals surface area (Å²) in [7, 11) is 1.96. The van der Waals surface area contributed by atoms with Gasteiger partial charge in [0, 0.05) is 42.1 Å². The van der Waals surface area contributed by atoms with Crippen molar-refractivity contribution in [2.75, 3.05) is 0 Å². The molecular formula is C16H13N3. The first kappa shape index (κ1) is 11.5. The van der Waals surface area contributed by atoms with E-state index >= 15 is 0 Å². The van der Waals surface area contributed by atoms with Crippen molar-refractivity contribution in [2.24, 2.45) is 7.05 Å². The summed E-state index contributed by atoms with van der Waals surface area (Å²) < 4.78 is 1.99. The standard InChI is InChI=1S/C16H13N3/c1-11-5-13(9-18-8-11)12-3-4-15-14(7-17)10-19(2)16(15)6-12/h3-6,8-10H,1-2H3. The first-order valence-corrected chi connectivity index (χ1v) is 6.10. The fraction of sp³-hybridized carbons (Fsp3) is 0.125. The van der Waals surface area contributed by atoms with Crippen LogP contribution in [0, 0.1) is 18.3 Å². The van der Waals surface area contributed by atoms with Crippen molar-refractivity contribution in [1.29, 1.82) is 5.26 Å². The predicted molar refractivity (Wildman–Crippen MR) is 75.6 cm³/mol. The van der Waals surface area contributed by atoms with Crippen LogP contribution >= 0.6 is 0 Å². The second kappa shape index (κ2) is 4.25. The lowest BCUT2D eigenvalue weighted by atomic mass is 10.0. The molecule has 0 N–H and O–H groups in total. The number of rotatable bonds is 1. The number of aromatic nitrogens is 2. The Kier molecular flexibility index (Phi) is 2.57. The van der Waals surface area contributed by atoms with Crippen LogP contribution in [0.3, 0.4) is 0 Å². The number of aryl methyl sites for hydroxylation is 2. The van der Waals surface area contributed by atoms with Gasteiger partial charge in [0.15, 0.2) is 0 Å². The molecule has 0 aliphatic rings. The molecule has 0 aliphatic carbocycles. The van der Waals surface area contributed by atoms with Crippen molar-refractivity contribution < 1.29 is 0 Å². The topological polar surface area (TPSA) is 41.6 Å². The smallest absolute Gasteiger partial charge is 0.101 e. The van der Waals surface area contributed by atoms with Crippen molar-refractivity contribution in [3.8, 4) is 17.2 Å². The maximum Gasteiger partial charge on any atom is 0.101 e. The van der Waals surface area contributed by atoms with E-state index in [9.17, 15) is 0 Å². The average molecular weight is 247 g/mol. The second-order valence-electron chi connectivity index (χ2n) is 4.75. The summed E-state index contributed by atoms with van der Waals surface area (Å²) in [5.74, 6) is 0. The van der Waals surface area contributed by atoms with E-state index in [1.807, 2.05) is 49.3 Å². The molecule has 92 valence electrons. The molecular weight excluding hydrogens is 234 g/mol. The summed E-state index contributed by atoms with van der Waals surface area (Å²) >= 11 is 0. The van der Waals surface area contributed by atoms with E-state index in [-0.39, 0.29) is 0 Å². The molecule has 0 aliphatic heterocycles. The zero-order valence-electron chi connectivity index (χ0n) is 10.9. The summed E-state index contributed by atoms with van der Waals surface area (Å²) in [5.41, 5.74) is 5.14. The molecule has 0 fully saturated rings. The maximum absolute atomic E-state index is 9.10. The van der Waals surface area contributed by atoms with Crippen molar-refractivity contribution in [3.05, 3.63) is 54.0 Å². The highest BCUT2D eigenvalue weighted by atomic mass is 14.9. The summed E-state index contributed by atoms with van der Waals surface area (Å²) in [6.07, 6.45) is 5.57. The molecule has 2 heterocycles. The Hall–Kier alpha value is -2.60. The van der Waals surface area contributed by atoms with E-state index in [2.05, 4.69) is 23.2 Å². The van der Waals surface area contributed by atoms with Crippen LogP contribution in [-0.4, -0.2) is 9.55 Å². The van der Waals surface area contributed by atoms with E-state index in [0.29, 0.717) is 5.56 Å². The maximum atomic E-state index is 9.10. The van der Waals surface area contributed by atoms with E-state index in [1.165, 1.54) is 0 Å². The van der Waals surface area contributed by atoms with Gasteiger partial charge in [-0.15, -0.1) is 0 Å². The van der Waals surface area contributed by atoms with Crippen LogP contribution in [0.4, 0.5) is 0 Å². The molecule has 2 aromatic heterocycles. The lowest BCUT2D eigenvalue weighted by molar-refractivity contribution is 0.967. The minimum absolute atomic E-state index is 0.714. The molecule has 3 aromatic rings. The normalized spacial score (nSPS) is 10.6. The Morgan fingerprint density at radius 3 is 2.74 bits per heavy atom. The van der Waals surface area contributed by atoms with Gasteiger partial charge >= 0.3 is 0 Å². The van der Waals surface area contributed by atoms with Crippen molar-refractivity contribution in [3.63, 3.8) is 0 Å². The Balaban J connectivity index is 2.23. The fourth-order valence-electron chi connectivity index (χ4n) is 2.37. The molecule has 0 bridgehead atoms. The van der Waals surface area contributed by atoms with Crippen LogP contribution < -0.4 is 0 Å². The average Bonchev–Trinajstić information content (AvgIpc) is 2.75. The second-order valence-corrected chi connectivity index (χ2v) is 4.75. The van der Waals surface area contributed by atoms with Gasteiger partial charge in [0.1, 0.15) is 6.07 Å². The Morgan fingerprint density at radius 2 is 2.00 bits per heavy atom. The number of benzene rings is 1. The molecule has 3 heteroatoms. The van der Waals surface area contributed by atoms with E-state index in [4.69, 9.17) is 5.26 Å². The van der Waals surface area contributed by atoms with Crippen LogP contribution in [0.5, 0.6) is 0 Å². The molecule has 0 saturated heterocycles. The molecule has 0 atom stereocenters. The van der Waals surface area contributed by atoms with Gasteiger partial charge in [-0.05, 0) is 30.2 Å². The largest absolute Gasteiger partial charge is 0.349 e. The Bertz CT molecular complexity index is 806. The van der Waals surface area contributed by atoms with Gasteiger partial charge in [-0.25, -0.2) is 0 Å². The van der Waals surface area contributed by atoms with Gasteiger partial charge in [0.05, 0.1) is 5.56 Å². The van der Waals surface area contributed by atoms with Crippen LogP contribution in [0.25, 0.3) is 22.0 Å². The van der Waals surface area contributed by atoms with Gasteiger partial charge in [-0.2, -0.15) is 5.26 Å². The van der Waals surface area contributed by atoms with Crippen LogP contribution in [-0.2, 0) is 7.05 Å². The first-order chi connectivity index (χ1) is 9.19. The molecule has 0 saturated carbocycles. The third-order valence-electron chi connectivity index (χ3n) is 3.32. The molecule has 0 amide bonds. The zero-order valence-corrected chi connectivity index (χ0v) is 10.9. The lowest BCUT2D eigenvalue weighted by Crippen LogP contribution is -1.86. The monoisotopic (exact) mass is 247 g/mol. The number of pyridine rings is 1. The third kappa shape index (κ3) is 1.88. The highest BCUT2D eigenvalue weighted by Crippen LogP contribution is 2.27. The minimum atomic E-state index is 0.714. The number of hydrogen-bond acceptors (Lipinski definition) is 2. The SMILES string of the molecule is Cc1cncc(-c2ccc3c(C#N)cn(C)c3c2)c1. The molecule has 0 spiro atoms. The Labute approximate surface area is 111 Å². The van der Waals surface area contributed by atoms with Gasteiger partial charge < -0.3 is 4.57 Å². The summed E-state index contributed by atoms with van der Waals surface area (Å²) in [6, 6.07) is 10.5. The Morgan fingerprint density at radius 1 is 1.16 bits per heavy atom. The lowest BCUT2D eigenvalue weighted by Gasteiger charge is -2.04. The first-order valence-electron chi connectivity index (χ1n) is 6.10. The molecule has 3 rings (SSSR count). The number of fused-ring (bicyclic) bond motifs is 1. The van der Waals surface area contributed by atoms with E-state index < -0.39 is 0 Å². The van der Waals surface area contributed by atoms with Gasteiger partial charge in [-0.3, -0.25) is 4.98 Å². The summed E-state index contributed by atoms with van der Waals surface area (Å²) in [6.45, 7) is 2.03. The van der Waals surface area contributed by atoms with Crippen LogP contribution in [0.2, 0.25) is 0 Å². The van der Waals surface area contributed by atoms with Gasteiger partial charge in [0.25, 0.3) is 0 Å². The number of nitriles is 1. The van der Waals surface area contributed by atoms with Crippen molar-refractivity contribution in [2.45, 2.75) is 6.92 Å². The zero-order chi connectivity index (χ0) is 13.4. The van der Waals surface area contributed by atoms with Crippen LogP contribution in [0.1, 0.15) is 11.1 Å². The third-order valence-corrected chi connectivity index (χ3v) is 3.32. The van der Waals surface area contributed by atoms with E-state index in [0.717, 1.165) is 27.6 Å². The molecule has 19 heavy (non-hydrogen) atoms. The highest BCUT2D eigenvalue weighted by molar-refractivity contribution is 5.90. The van der Waals surface area contributed by atoms with Crippen molar-refractivity contribution >= 4 is 10.9 Å². The molecule has 0 unspecified atom stereocenters. The van der Waals surface area contributed by atoms with Crippen molar-refractivity contribution in [1.82, 2.24) is 9.55 Å². The molecule has 0 radical (unpaired) electrons. The minimum Gasteiger partial charge on any atom is -0.349 e. The fourth-order valence-corrected chi connectivity index (χ4v) is 2.37. The summed E-state index contributed by atoms with van der Waals surface area (Å²) in [4.78, 5) is 4.23. The van der Waals surface area contributed by atoms with Gasteiger partial charge in [0.2, 0.25) is 0 Å². The summed E-state index contributed by atoms with van der Waals surface area (Å²) in [5, 5.41) is 10.1. The molecule has 1 aromatic carbocycles. The molecule has 3 nitrogen and oxygen atoms in total. The predicted octanol–water partition coefficient (Wildman–Crippen LogP) is 3.42. The van der Waals surface area contributed by atoms with Gasteiger partial charge in [-0.1, -0.05) is 12.1 Å². The van der Waals surface area contributed by atoms with E-state index in [1.54, 1.807) is 0 Å².